The standard InChI is InChI=1S/C16H22N2O3/c1-16(2,3)10-7-11(19)14-12-9(5-6-17-13(10)12)8-18(14)15(20)21-4/h7,9,17,19H,5-6,8H2,1-4H3. The third-order valence-electron chi connectivity index (χ3n) is 4.40. The number of nitrogens with one attached hydrogen (secondary N) is 1. The minimum Gasteiger partial charge on any atom is -0.506 e. The van der Waals surface area contributed by atoms with Crippen LogP contribution in [-0.4, -0.2) is 31.4 Å². The van der Waals surface area contributed by atoms with Crippen LogP contribution in [0.4, 0.5) is 16.2 Å². The number of carbonyl (C=O) groups excluding carboxylic acids is 1. The predicted octanol–water partition coefficient (Wildman–Crippen LogP) is 3.18. The Bertz CT molecular complexity index is 605. The zero-order valence-corrected chi connectivity index (χ0v) is 13.0. The minimum absolute atomic E-state index is 0.0740. The van der Waals surface area contributed by atoms with Crippen LogP contribution >= 0.6 is 0 Å². The third kappa shape index (κ3) is 2.03. The summed E-state index contributed by atoms with van der Waals surface area (Å²) in [5.74, 6) is 0.429. The van der Waals surface area contributed by atoms with Gasteiger partial charge in [0.05, 0.1) is 12.8 Å². The molecule has 1 amide bonds. The van der Waals surface area contributed by atoms with E-state index in [0.29, 0.717) is 12.2 Å². The van der Waals surface area contributed by atoms with E-state index in [2.05, 4.69) is 26.1 Å². The Labute approximate surface area is 124 Å². The van der Waals surface area contributed by atoms with Gasteiger partial charge in [-0.3, -0.25) is 4.90 Å². The van der Waals surface area contributed by atoms with Gasteiger partial charge < -0.3 is 15.2 Å². The normalized spacial score (nSPS) is 20.0. The summed E-state index contributed by atoms with van der Waals surface area (Å²) >= 11 is 0. The fourth-order valence-corrected chi connectivity index (χ4v) is 3.43. The molecular formula is C16H22N2O3. The van der Waals surface area contributed by atoms with Crippen molar-refractivity contribution in [3.8, 4) is 5.75 Å². The number of rotatable bonds is 0. The number of hydrogen-bond donors (Lipinski definition) is 2. The zero-order valence-electron chi connectivity index (χ0n) is 13.0. The molecule has 0 bridgehead atoms. The second kappa shape index (κ2) is 4.55. The molecule has 0 aromatic heterocycles. The van der Waals surface area contributed by atoms with Crippen LogP contribution in [0.1, 0.15) is 44.2 Å². The molecule has 5 heteroatoms. The van der Waals surface area contributed by atoms with E-state index in [1.165, 1.54) is 7.11 Å². The summed E-state index contributed by atoms with van der Waals surface area (Å²) in [6, 6.07) is 1.78. The van der Waals surface area contributed by atoms with E-state index >= 15 is 0 Å². The highest BCUT2D eigenvalue weighted by Crippen LogP contribution is 2.53. The van der Waals surface area contributed by atoms with Crippen molar-refractivity contribution in [2.45, 2.75) is 38.5 Å². The molecule has 1 unspecified atom stereocenters. The lowest BCUT2D eigenvalue weighted by Gasteiger charge is -2.30. The number of methoxy groups -OCH3 is 1. The van der Waals surface area contributed by atoms with Gasteiger partial charge in [-0.25, -0.2) is 4.79 Å². The van der Waals surface area contributed by atoms with Crippen LogP contribution in [0.2, 0.25) is 0 Å². The first kappa shape index (κ1) is 14.0. The van der Waals surface area contributed by atoms with Gasteiger partial charge in [-0.2, -0.15) is 0 Å². The molecule has 2 aliphatic heterocycles. The molecule has 0 spiro atoms. The molecule has 1 aromatic carbocycles. The third-order valence-corrected chi connectivity index (χ3v) is 4.40. The Balaban J connectivity index is 2.23. The lowest BCUT2D eigenvalue weighted by molar-refractivity contribution is 0.178. The molecule has 5 nitrogen and oxygen atoms in total. The Morgan fingerprint density at radius 1 is 1.48 bits per heavy atom. The lowest BCUT2D eigenvalue weighted by atomic mass is 9.80. The van der Waals surface area contributed by atoms with Crippen LogP contribution in [0, 0.1) is 0 Å². The summed E-state index contributed by atoms with van der Waals surface area (Å²) in [6.07, 6.45) is 0.547. The summed E-state index contributed by atoms with van der Waals surface area (Å²) in [5.41, 5.74) is 3.78. The quantitative estimate of drug-likeness (QED) is 0.720. The second-order valence-electron chi connectivity index (χ2n) is 6.82. The molecule has 2 aliphatic rings. The Hall–Kier alpha value is -1.91. The second-order valence-corrected chi connectivity index (χ2v) is 6.82. The maximum Gasteiger partial charge on any atom is 0.414 e. The van der Waals surface area contributed by atoms with Gasteiger partial charge in [0.25, 0.3) is 0 Å². The number of phenols is 1. The van der Waals surface area contributed by atoms with Gasteiger partial charge in [-0.05, 0) is 23.5 Å². The first-order valence-electron chi connectivity index (χ1n) is 7.34. The van der Waals surface area contributed by atoms with Gasteiger partial charge in [-0.1, -0.05) is 20.8 Å². The van der Waals surface area contributed by atoms with Gasteiger partial charge in [0, 0.05) is 30.3 Å². The molecule has 114 valence electrons. The number of carbonyl (C=O) groups is 1. The van der Waals surface area contributed by atoms with E-state index in [1.807, 2.05) is 0 Å². The number of amides is 1. The number of aromatic hydroxyl groups is 1. The van der Waals surface area contributed by atoms with E-state index in [-0.39, 0.29) is 17.1 Å². The van der Waals surface area contributed by atoms with Crippen LogP contribution in [0.15, 0.2) is 6.07 Å². The zero-order chi connectivity index (χ0) is 15.4. The van der Waals surface area contributed by atoms with Gasteiger partial charge in [0.2, 0.25) is 0 Å². The molecule has 0 aliphatic carbocycles. The van der Waals surface area contributed by atoms with E-state index in [9.17, 15) is 9.90 Å². The van der Waals surface area contributed by atoms with Crippen LogP contribution in [0.25, 0.3) is 0 Å². The Morgan fingerprint density at radius 3 is 2.81 bits per heavy atom. The molecule has 21 heavy (non-hydrogen) atoms. The number of nitrogens with zero attached hydrogens (tertiary/aromatic N) is 1. The van der Waals surface area contributed by atoms with Crippen molar-refractivity contribution in [3.05, 3.63) is 17.2 Å². The fraction of sp³-hybridized carbons (Fsp3) is 0.562. The van der Waals surface area contributed by atoms with Gasteiger partial charge in [0.1, 0.15) is 5.75 Å². The van der Waals surface area contributed by atoms with Crippen LogP contribution in [0.5, 0.6) is 5.75 Å². The highest BCUT2D eigenvalue weighted by atomic mass is 16.5. The first-order chi connectivity index (χ1) is 9.84. The fourth-order valence-electron chi connectivity index (χ4n) is 3.43. The van der Waals surface area contributed by atoms with E-state index < -0.39 is 6.09 Å². The smallest absolute Gasteiger partial charge is 0.414 e. The van der Waals surface area contributed by atoms with Crippen molar-refractivity contribution < 1.29 is 14.6 Å². The van der Waals surface area contributed by atoms with Crippen molar-refractivity contribution in [2.24, 2.45) is 0 Å². The van der Waals surface area contributed by atoms with Crippen molar-refractivity contribution in [3.63, 3.8) is 0 Å². The highest BCUT2D eigenvalue weighted by Gasteiger charge is 2.41. The Morgan fingerprint density at radius 2 is 2.19 bits per heavy atom. The van der Waals surface area contributed by atoms with Gasteiger partial charge >= 0.3 is 6.09 Å². The summed E-state index contributed by atoms with van der Waals surface area (Å²) in [5, 5.41) is 13.9. The highest BCUT2D eigenvalue weighted by molar-refractivity contribution is 5.96. The average molecular weight is 290 g/mol. The molecular weight excluding hydrogens is 268 g/mol. The molecule has 0 radical (unpaired) electrons. The first-order valence-corrected chi connectivity index (χ1v) is 7.34. The van der Waals surface area contributed by atoms with Crippen molar-refractivity contribution in [1.82, 2.24) is 0 Å². The van der Waals surface area contributed by atoms with Gasteiger partial charge in [-0.15, -0.1) is 0 Å². The summed E-state index contributed by atoms with van der Waals surface area (Å²) in [4.78, 5) is 13.5. The maximum absolute atomic E-state index is 12.0. The number of ether oxygens (including phenoxy) is 1. The molecule has 3 rings (SSSR count). The average Bonchev–Trinajstić information content (AvgIpc) is 2.82. The Kier molecular flexibility index (Phi) is 3.04. The molecule has 1 aromatic rings. The van der Waals surface area contributed by atoms with Crippen molar-refractivity contribution in [2.75, 3.05) is 30.4 Å². The summed E-state index contributed by atoms with van der Waals surface area (Å²) in [6.45, 7) is 7.85. The predicted molar refractivity (Wildman–Crippen MR) is 82.4 cm³/mol. The van der Waals surface area contributed by atoms with Crippen molar-refractivity contribution >= 4 is 17.5 Å². The topological polar surface area (TPSA) is 61.8 Å². The largest absolute Gasteiger partial charge is 0.506 e. The SMILES string of the molecule is COC(=O)N1CC2CCNc3c(C(C)(C)C)cc(O)c1c32. The van der Waals surface area contributed by atoms with Gasteiger partial charge in [0.15, 0.2) is 0 Å². The molecule has 2 N–H and O–H groups in total. The minimum atomic E-state index is -0.412. The summed E-state index contributed by atoms with van der Waals surface area (Å²) < 4.78 is 4.85. The van der Waals surface area contributed by atoms with Crippen LogP contribution in [-0.2, 0) is 10.2 Å². The number of anilines is 2. The van der Waals surface area contributed by atoms with Crippen molar-refractivity contribution in [1.29, 1.82) is 0 Å². The molecule has 0 saturated carbocycles. The van der Waals surface area contributed by atoms with Crippen LogP contribution in [0.3, 0.4) is 0 Å². The molecule has 1 atom stereocenters. The van der Waals surface area contributed by atoms with Crippen LogP contribution < -0.4 is 10.2 Å². The number of phenolic OH excluding ortho intramolecular Hbond substituents is 1. The van der Waals surface area contributed by atoms with E-state index in [4.69, 9.17) is 4.74 Å². The summed E-state index contributed by atoms with van der Waals surface area (Å²) in [7, 11) is 1.37. The van der Waals surface area contributed by atoms with E-state index in [1.54, 1.807) is 11.0 Å². The number of benzene rings is 1. The number of hydrogen-bond acceptors (Lipinski definition) is 4. The maximum atomic E-state index is 12.0. The monoisotopic (exact) mass is 290 g/mol. The molecule has 0 saturated heterocycles. The van der Waals surface area contributed by atoms with E-state index in [0.717, 1.165) is 29.8 Å². The lowest BCUT2D eigenvalue weighted by Crippen LogP contribution is -2.29. The molecule has 0 fully saturated rings. The molecule has 2 heterocycles.